The molecule has 5 rings (SSSR count). The second kappa shape index (κ2) is 8.67. The lowest BCUT2D eigenvalue weighted by Crippen LogP contribution is -2.32. The van der Waals surface area contributed by atoms with Crippen molar-refractivity contribution in [1.82, 2.24) is 15.0 Å². The first kappa shape index (κ1) is 23.3. The predicted octanol–water partition coefficient (Wildman–Crippen LogP) is 3.03. The summed E-state index contributed by atoms with van der Waals surface area (Å²) < 4.78 is 23.5. The summed E-state index contributed by atoms with van der Waals surface area (Å²) >= 11 is 0. The number of nitrogens with one attached hydrogen (secondary N) is 1. The maximum absolute atomic E-state index is 11.8. The molecule has 2 aliphatic rings. The zero-order valence-electron chi connectivity index (χ0n) is 20.2. The third-order valence-electron chi connectivity index (χ3n) is 6.72. The van der Waals surface area contributed by atoms with Gasteiger partial charge in [-0.05, 0) is 36.2 Å². The molecule has 0 bridgehead atoms. The van der Waals surface area contributed by atoms with Crippen LogP contribution in [0, 0.1) is 0 Å². The molecular formula is C25H30N6O3S. The summed E-state index contributed by atoms with van der Waals surface area (Å²) in [5.41, 5.74) is 5.07. The maximum Gasteiger partial charge on any atom is 0.171 e. The maximum atomic E-state index is 11.8. The molecular weight excluding hydrogens is 464 g/mol. The zero-order chi connectivity index (χ0) is 24.8. The molecule has 0 radical (unpaired) electrons. The van der Waals surface area contributed by atoms with Gasteiger partial charge in [0.25, 0.3) is 0 Å². The van der Waals surface area contributed by atoms with Gasteiger partial charge in [-0.1, -0.05) is 19.9 Å². The minimum atomic E-state index is -3.05. The van der Waals surface area contributed by atoms with Gasteiger partial charge >= 0.3 is 0 Å². The van der Waals surface area contributed by atoms with Crippen LogP contribution in [0.5, 0.6) is 5.75 Å². The van der Waals surface area contributed by atoms with Gasteiger partial charge in [0.15, 0.2) is 11.6 Å². The molecule has 35 heavy (non-hydrogen) atoms. The fraction of sp³-hybridized carbons (Fsp3) is 0.400. The Morgan fingerprint density at radius 3 is 2.77 bits per heavy atom. The van der Waals surface area contributed by atoms with Crippen LogP contribution in [-0.4, -0.2) is 60.1 Å². The number of hydrogen-bond acceptors (Lipinski definition) is 9. The average molecular weight is 495 g/mol. The zero-order valence-corrected chi connectivity index (χ0v) is 21.0. The van der Waals surface area contributed by atoms with Crippen LogP contribution in [-0.2, 0) is 28.2 Å². The lowest BCUT2D eigenvalue weighted by molar-refractivity contribution is 0.469. The number of aromatic nitrogens is 3. The van der Waals surface area contributed by atoms with Gasteiger partial charge in [-0.3, -0.25) is 0 Å². The van der Waals surface area contributed by atoms with E-state index in [0.717, 1.165) is 35.0 Å². The second-order valence-electron chi connectivity index (χ2n) is 9.96. The molecule has 4 heterocycles. The van der Waals surface area contributed by atoms with E-state index >= 15 is 0 Å². The van der Waals surface area contributed by atoms with Crippen molar-refractivity contribution in [3.63, 3.8) is 0 Å². The Hall–Kier alpha value is -3.40. The van der Waals surface area contributed by atoms with Crippen LogP contribution in [0.3, 0.4) is 0 Å². The Bertz CT molecular complexity index is 1380. The normalized spacial score (nSPS) is 16.7. The first-order chi connectivity index (χ1) is 16.6. The molecule has 0 aliphatic carbocycles. The third-order valence-corrected chi connectivity index (χ3v) is 7.65. The topological polar surface area (TPSA) is 112 Å². The van der Waals surface area contributed by atoms with Crippen LogP contribution in [0.2, 0.25) is 0 Å². The molecule has 184 valence electrons. The van der Waals surface area contributed by atoms with Crippen LogP contribution < -0.4 is 15.1 Å². The molecule has 2 aliphatic heterocycles. The fourth-order valence-electron chi connectivity index (χ4n) is 4.98. The quantitative estimate of drug-likeness (QED) is 0.534. The number of anilines is 4. The summed E-state index contributed by atoms with van der Waals surface area (Å²) in [6.07, 6.45) is 5.22. The van der Waals surface area contributed by atoms with E-state index in [2.05, 4.69) is 57.2 Å². The van der Waals surface area contributed by atoms with E-state index in [9.17, 15) is 13.5 Å². The summed E-state index contributed by atoms with van der Waals surface area (Å²) in [5, 5.41) is 13.7. The molecule has 2 N–H and O–H groups in total. The number of hydrogen-bond donors (Lipinski definition) is 2. The van der Waals surface area contributed by atoms with Gasteiger partial charge in [0, 0.05) is 54.4 Å². The van der Waals surface area contributed by atoms with Crippen LogP contribution >= 0.6 is 0 Å². The Morgan fingerprint density at radius 2 is 2.00 bits per heavy atom. The minimum Gasteiger partial charge on any atom is -0.504 e. The number of nitrogens with zero attached hydrogens (tertiary/aromatic N) is 5. The minimum absolute atomic E-state index is 0.0556. The molecule has 0 fully saturated rings. The largest absolute Gasteiger partial charge is 0.504 e. The van der Waals surface area contributed by atoms with Crippen molar-refractivity contribution in [3.8, 4) is 5.75 Å². The third kappa shape index (κ3) is 4.75. The number of benzene rings is 1. The van der Waals surface area contributed by atoms with E-state index in [0.29, 0.717) is 31.9 Å². The Morgan fingerprint density at radius 1 is 1.17 bits per heavy atom. The highest BCUT2D eigenvalue weighted by Gasteiger charge is 2.35. The number of pyridine rings is 1. The van der Waals surface area contributed by atoms with E-state index in [1.807, 2.05) is 4.90 Å². The standard InChI is InChI=1S/C25H30N6O3S/c1-25(2)15-31(11-12-35(3,33)34)21-13-17(6-7-19(21)25)29-23-18-8-10-30(14-20(18)27-16-28-23)24-22(32)5-4-9-26-24/h4-7,9,13,16,32H,8,10-12,14-15H2,1-3H3,(H,27,28,29). The second-order valence-corrected chi connectivity index (χ2v) is 12.2. The molecule has 3 aromatic rings. The van der Waals surface area contributed by atoms with Crippen molar-refractivity contribution >= 4 is 32.8 Å². The van der Waals surface area contributed by atoms with Gasteiger partial charge in [0.2, 0.25) is 0 Å². The van der Waals surface area contributed by atoms with E-state index in [1.54, 1.807) is 24.7 Å². The van der Waals surface area contributed by atoms with Crippen molar-refractivity contribution in [3.05, 3.63) is 59.7 Å². The smallest absolute Gasteiger partial charge is 0.171 e. The van der Waals surface area contributed by atoms with E-state index in [-0.39, 0.29) is 16.9 Å². The lowest BCUT2D eigenvalue weighted by atomic mass is 9.87. The number of fused-ring (bicyclic) bond motifs is 2. The van der Waals surface area contributed by atoms with Crippen molar-refractivity contribution in [1.29, 1.82) is 0 Å². The van der Waals surface area contributed by atoms with E-state index in [4.69, 9.17) is 0 Å². The molecule has 0 spiro atoms. The number of sulfone groups is 1. The SMILES string of the molecule is CC1(C)CN(CCS(C)(=O)=O)c2cc(Nc3ncnc4c3CCN(c3ncccc3O)C4)ccc21. The van der Waals surface area contributed by atoms with Gasteiger partial charge < -0.3 is 20.2 Å². The van der Waals surface area contributed by atoms with Crippen molar-refractivity contribution in [2.45, 2.75) is 32.2 Å². The summed E-state index contributed by atoms with van der Waals surface area (Å²) in [4.78, 5) is 17.5. The van der Waals surface area contributed by atoms with Crippen molar-refractivity contribution < 1.29 is 13.5 Å². The Labute approximate surface area is 205 Å². The van der Waals surface area contributed by atoms with Crippen LogP contribution in [0.15, 0.2) is 42.9 Å². The highest BCUT2D eigenvalue weighted by atomic mass is 32.2. The highest BCUT2D eigenvalue weighted by Crippen LogP contribution is 2.42. The Balaban J connectivity index is 1.39. The van der Waals surface area contributed by atoms with Gasteiger partial charge in [0.1, 0.15) is 22.0 Å². The first-order valence-electron chi connectivity index (χ1n) is 11.7. The summed E-state index contributed by atoms with van der Waals surface area (Å²) in [7, 11) is -3.05. The molecule has 2 aromatic heterocycles. The van der Waals surface area contributed by atoms with E-state index < -0.39 is 9.84 Å². The van der Waals surface area contributed by atoms with Gasteiger partial charge in [0.05, 0.1) is 18.0 Å². The van der Waals surface area contributed by atoms with Crippen LogP contribution in [0.1, 0.15) is 30.7 Å². The highest BCUT2D eigenvalue weighted by molar-refractivity contribution is 7.90. The van der Waals surface area contributed by atoms with Crippen molar-refractivity contribution in [2.24, 2.45) is 0 Å². The molecule has 0 unspecified atom stereocenters. The van der Waals surface area contributed by atoms with Gasteiger partial charge in [-0.2, -0.15) is 0 Å². The lowest BCUT2D eigenvalue weighted by Gasteiger charge is -2.30. The van der Waals surface area contributed by atoms with Crippen LogP contribution in [0.4, 0.5) is 23.0 Å². The Kier molecular flexibility index (Phi) is 5.79. The molecule has 0 amide bonds. The number of rotatable bonds is 6. The van der Waals surface area contributed by atoms with Crippen LogP contribution in [0.25, 0.3) is 0 Å². The predicted molar refractivity (Wildman–Crippen MR) is 137 cm³/mol. The first-order valence-corrected chi connectivity index (χ1v) is 13.7. The summed E-state index contributed by atoms with van der Waals surface area (Å²) in [5.74, 6) is 1.60. The summed E-state index contributed by atoms with van der Waals surface area (Å²) in [6, 6.07) is 9.61. The van der Waals surface area contributed by atoms with E-state index in [1.165, 1.54) is 11.8 Å². The fourth-order valence-corrected chi connectivity index (χ4v) is 5.53. The molecule has 9 nitrogen and oxygen atoms in total. The molecule has 0 saturated heterocycles. The molecule has 10 heteroatoms. The molecule has 1 aromatic carbocycles. The van der Waals surface area contributed by atoms with Gasteiger partial charge in [-0.15, -0.1) is 0 Å². The average Bonchev–Trinajstić information content (AvgIpc) is 3.07. The van der Waals surface area contributed by atoms with Crippen molar-refractivity contribution in [2.75, 3.05) is 46.8 Å². The molecule has 0 atom stereocenters. The number of aromatic hydroxyl groups is 1. The molecule has 0 saturated carbocycles. The van der Waals surface area contributed by atoms with Gasteiger partial charge in [-0.25, -0.2) is 23.4 Å². The monoisotopic (exact) mass is 494 g/mol. The summed E-state index contributed by atoms with van der Waals surface area (Å²) in [6.45, 7) is 6.85.